The van der Waals surface area contributed by atoms with Gasteiger partial charge in [0.1, 0.15) is 0 Å². The van der Waals surface area contributed by atoms with E-state index in [2.05, 4.69) is 10.3 Å². The van der Waals surface area contributed by atoms with Crippen molar-refractivity contribution < 1.29 is 23.8 Å². The molecule has 0 saturated heterocycles. The van der Waals surface area contributed by atoms with E-state index >= 15 is 0 Å². The van der Waals surface area contributed by atoms with E-state index in [0.29, 0.717) is 30.0 Å². The van der Waals surface area contributed by atoms with Gasteiger partial charge in [-0.3, -0.25) is 9.78 Å². The van der Waals surface area contributed by atoms with Crippen LogP contribution in [0.1, 0.15) is 15.9 Å². The molecule has 0 aliphatic heterocycles. The predicted molar refractivity (Wildman–Crippen MR) is 90.8 cm³/mol. The first-order valence-electron chi connectivity index (χ1n) is 7.68. The van der Waals surface area contributed by atoms with Gasteiger partial charge < -0.3 is 19.5 Å². The number of hydrogen-bond acceptors (Lipinski definition) is 6. The van der Waals surface area contributed by atoms with Gasteiger partial charge in [0.05, 0.1) is 19.8 Å². The molecule has 2 aromatic rings. The molecule has 0 unspecified atom stereocenters. The van der Waals surface area contributed by atoms with Crippen molar-refractivity contribution in [3.8, 4) is 11.5 Å². The van der Waals surface area contributed by atoms with Crippen LogP contribution in [-0.4, -0.2) is 44.2 Å². The van der Waals surface area contributed by atoms with Gasteiger partial charge >= 0.3 is 5.97 Å². The number of methoxy groups -OCH3 is 2. The number of nitrogens with one attached hydrogen (secondary N) is 1. The number of esters is 1. The topological polar surface area (TPSA) is 86.8 Å². The first-order valence-corrected chi connectivity index (χ1v) is 7.68. The van der Waals surface area contributed by atoms with Crippen LogP contribution in [0.5, 0.6) is 11.5 Å². The summed E-state index contributed by atoms with van der Waals surface area (Å²) in [5.74, 6) is 0.343. The smallest absolute Gasteiger partial charge is 0.340 e. The average Bonchev–Trinajstić information content (AvgIpc) is 2.66. The minimum atomic E-state index is -0.580. The molecular weight excluding hydrogens is 324 g/mol. The lowest BCUT2D eigenvalue weighted by atomic mass is 10.1. The van der Waals surface area contributed by atoms with Crippen LogP contribution in [0.25, 0.3) is 0 Å². The summed E-state index contributed by atoms with van der Waals surface area (Å²) in [5.41, 5.74) is 1.30. The molecule has 0 bridgehead atoms. The van der Waals surface area contributed by atoms with Gasteiger partial charge in [0, 0.05) is 18.9 Å². The average molecular weight is 344 g/mol. The second kappa shape index (κ2) is 9.27. The molecule has 0 radical (unpaired) electrons. The van der Waals surface area contributed by atoms with Crippen molar-refractivity contribution in [1.29, 1.82) is 0 Å². The lowest BCUT2D eigenvalue weighted by Crippen LogP contribution is -2.30. The zero-order valence-corrected chi connectivity index (χ0v) is 14.2. The zero-order valence-electron chi connectivity index (χ0n) is 14.2. The van der Waals surface area contributed by atoms with E-state index in [4.69, 9.17) is 14.2 Å². The van der Waals surface area contributed by atoms with Gasteiger partial charge in [0.2, 0.25) is 0 Å². The van der Waals surface area contributed by atoms with Crippen LogP contribution >= 0.6 is 0 Å². The van der Waals surface area contributed by atoms with Gasteiger partial charge in [-0.1, -0.05) is 6.07 Å². The van der Waals surface area contributed by atoms with Crippen LogP contribution in [0.4, 0.5) is 0 Å². The van der Waals surface area contributed by atoms with Crippen molar-refractivity contribution in [1.82, 2.24) is 10.3 Å². The molecule has 1 heterocycles. The van der Waals surface area contributed by atoms with E-state index in [1.165, 1.54) is 6.20 Å². The molecular formula is C18H20N2O5. The van der Waals surface area contributed by atoms with Gasteiger partial charge in [-0.25, -0.2) is 4.79 Å². The Morgan fingerprint density at radius 3 is 2.60 bits per heavy atom. The second-order valence-corrected chi connectivity index (χ2v) is 5.11. The van der Waals surface area contributed by atoms with E-state index in [-0.39, 0.29) is 12.5 Å². The number of nitrogens with zero attached hydrogens (tertiary/aromatic N) is 1. The van der Waals surface area contributed by atoms with Crippen LogP contribution in [0.15, 0.2) is 42.7 Å². The van der Waals surface area contributed by atoms with Crippen molar-refractivity contribution in [2.75, 3.05) is 27.4 Å². The summed E-state index contributed by atoms with van der Waals surface area (Å²) in [6.07, 6.45) is 3.55. The molecule has 0 saturated carbocycles. The third-order valence-electron chi connectivity index (χ3n) is 3.42. The number of benzene rings is 1. The standard InChI is InChI=1S/C18H20N2O5/c1-23-15-6-5-13(10-16(15)24-2)7-9-20-17(21)12-25-18(22)14-4-3-8-19-11-14/h3-6,8,10-11H,7,9,12H2,1-2H3,(H,20,21). The molecule has 25 heavy (non-hydrogen) atoms. The highest BCUT2D eigenvalue weighted by atomic mass is 16.5. The number of pyridine rings is 1. The number of rotatable bonds is 8. The lowest BCUT2D eigenvalue weighted by molar-refractivity contribution is -0.124. The Balaban J connectivity index is 1.74. The number of amides is 1. The molecule has 0 atom stereocenters. The molecule has 0 fully saturated rings. The summed E-state index contributed by atoms with van der Waals surface area (Å²) in [6, 6.07) is 8.76. The Morgan fingerprint density at radius 1 is 1.12 bits per heavy atom. The Labute approximate surface area is 145 Å². The van der Waals surface area contributed by atoms with Gasteiger partial charge in [-0.15, -0.1) is 0 Å². The van der Waals surface area contributed by atoms with Crippen LogP contribution in [0.3, 0.4) is 0 Å². The third-order valence-corrected chi connectivity index (χ3v) is 3.42. The number of hydrogen-bond donors (Lipinski definition) is 1. The normalized spacial score (nSPS) is 10.0. The van der Waals surface area contributed by atoms with Crippen molar-refractivity contribution in [2.45, 2.75) is 6.42 Å². The van der Waals surface area contributed by atoms with E-state index < -0.39 is 5.97 Å². The van der Waals surface area contributed by atoms with E-state index in [1.807, 2.05) is 18.2 Å². The summed E-state index contributed by atoms with van der Waals surface area (Å²) in [4.78, 5) is 27.3. The quantitative estimate of drug-likeness (QED) is 0.732. The minimum absolute atomic E-state index is 0.306. The first-order chi connectivity index (χ1) is 12.1. The monoisotopic (exact) mass is 344 g/mol. The van der Waals surface area contributed by atoms with Gasteiger partial charge in [-0.2, -0.15) is 0 Å². The molecule has 0 aliphatic carbocycles. The molecule has 0 spiro atoms. The zero-order chi connectivity index (χ0) is 18.1. The maximum absolute atomic E-state index is 11.7. The van der Waals surface area contributed by atoms with Gasteiger partial charge in [0.25, 0.3) is 5.91 Å². The number of carbonyl (C=O) groups is 2. The summed E-state index contributed by atoms with van der Waals surface area (Å²) in [7, 11) is 3.14. The summed E-state index contributed by atoms with van der Waals surface area (Å²) < 4.78 is 15.3. The van der Waals surface area contributed by atoms with Crippen LogP contribution < -0.4 is 14.8 Å². The van der Waals surface area contributed by atoms with Gasteiger partial charge in [-0.05, 0) is 36.2 Å². The van der Waals surface area contributed by atoms with Gasteiger partial charge in [0.15, 0.2) is 18.1 Å². The Kier molecular flexibility index (Phi) is 6.76. The predicted octanol–water partition coefficient (Wildman–Crippen LogP) is 1.61. The Hall–Kier alpha value is -3.09. The molecule has 1 N–H and O–H groups in total. The largest absolute Gasteiger partial charge is 0.493 e. The SMILES string of the molecule is COc1ccc(CCNC(=O)COC(=O)c2cccnc2)cc1OC. The maximum Gasteiger partial charge on any atom is 0.340 e. The van der Waals surface area contributed by atoms with Crippen molar-refractivity contribution in [3.63, 3.8) is 0 Å². The molecule has 1 aromatic carbocycles. The molecule has 0 aliphatic rings. The van der Waals surface area contributed by atoms with Crippen LogP contribution in [0, 0.1) is 0 Å². The fourth-order valence-electron chi connectivity index (χ4n) is 2.13. The highest BCUT2D eigenvalue weighted by molar-refractivity contribution is 5.90. The van der Waals surface area contributed by atoms with Crippen molar-refractivity contribution in [2.24, 2.45) is 0 Å². The fourth-order valence-corrected chi connectivity index (χ4v) is 2.13. The molecule has 132 valence electrons. The van der Waals surface area contributed by atoms with E-state index in [1.54, 1.807) is 32.5 Å². The first kappa shape index (κ1) is 18.3. The van der Waals surface area contributed by atoms with Crippen molar-refractivity contribution >= 4 is 11.9 Å². The Bertz CT molecular complexity index is 719. The second-order valence-electron chi connectivity index (χ2n) is 5.11. The number of ether oxygens (including phenoxy) is 3. The number of aromatic nitrogens is 1. The fraction of sp³-hybridized carbons (Fsp3) is 0.278. The summed E-state index contributed by atoms with van der Waals surface area (Å²) >= 11 is 0. The van der Waals surface area contributed by atoms with E-state index in [9.17, 15) is 9.59 Å². The highest BCUT2D eigenvalue weighted by Crippen LogP contribution is 2.27. The summed E-state index contributed by atoms with van der Waals surface area (Å²) in [5, 5.41) is 2.70. The van der Waals surface area contributed by atoms with Crippen molar-refractivity contribution in [3.05, 3.63) is 53.9 Å². The minimum Gasteiger partial charge on any atom is -0.493 e. The molecule has 7 nitrogen and oxygen atoms in total. The summed E-state index contributed by atoms with van der Waals surface area (Å²) in [6.45, 7) is 0.0818. The third kappa shape index (κ3) is 5.49. The highest BCUT2D eigenvalue weighted by Gasteiger charge is 2.10. The molecule has 1 aromatic heterocycles. The molecule has 2 rings (SSSR count). The number of carbonyl (C=O) groups excluding carboxylic acids is 2. The van der Waals surface area contributed by atoms with Crippen LogP contribution in [-0.2, 0) is 16.0 Å². The van der Waals surface area contributed by atoms with Crippen LogP contribution in [0.2, 0.25) is 0 Å². The van der Waals surface area contributed by atoms with E-state index in [0.717, 1.165) is 5.56 Å². The molecule has 1 amide bonds. The molecule has 7 heteroatoms. The lowest BCUT2D eigenvalue weighted by Gasteiger charge is -2.10. The maximum atomic E-state index is 11.7. The Morgan fingerprint density at radius 2 is 1.92 bits per heavy atom.